The Labute approximate surface area is 137 Å². The molecule has 0 saturated carbocycles. The zero-order chi connectivity index (χ0) is 16.0. The first kappa shape index (κ1) is 14.6. The average Bonchev–Trinajstić information content (AvgIpc) is 3.15. The van der Waals surface area contributed by atoms with Gasteiger partial charge in [0.25, 0.3) is 0 Å². The van der Waals surface area contributed by atoms with Gasteiger partial charge in [-0.15, -0.1) is 0 Å². The molecule has 2 aliphatic rings. The molecule has 2 saturated heterocycles. The lowest BCUT2D eigenvalue weighted by molar-refractivity contribution is 0.144. The molecule has 1 N–H and O–H groups in total. The second-order valence-electron chi connectivity index (χ2n) is 6.39. The molecule has 1 amide bonds. The highest BCUT2D eigenvalue weighted by molar-refractivity contribution is 6.28. The topological polar surface area (TPSA) is 82.7 Å². The van der Waals surface area contributed by atoms with Gasteiger partial charge < -0.3 is 19.3 Å². The number of hydrogen-bond acceptors (Lipinski definition) is 5. The van der Waals surface area contributed by atoms with Crippen LogP contribution in [-0.4, -0.2) is 52.2 Å². The number of aromatic nitrogens is 2. The van der Waals surface area contributed by atoms with E-state index in [2.05, 4.69) is 14.9 Å². The lowest BCUT2D eigenvalue weighted by atomic mass is 9.78. The fraction of sp³-hybridized carbons (Fsp3) is 0.533. The Morgan fingerprint density at radius 2 is 2.00 bits per heavy atom. The Morgan fingerprint density at radius 1 is 1.26 bits per heavy atom. The molecule has 0 aromatic carbocycles. The third-order valence-corrected chi connectivity index (χ3v) is 5.26. The molecule has 122 valence electrons. The highest BCUT2D eigenvalue weighted by Gasteiger charge is 2.42. The first-order chi connectivity index (χ1) is 11.1. The smallest absolute Gasteiger partial charge is 0.407 e. The van der Waals surface area contributed by atoms with Crippen molar-refractivity contribution in [3.63, 3.8) is 0 Å². The molecule has 0 radical (unpaired) electrons. The minimum atomic E-state index is -0.816. The number of halogens is 1. The van der Waals surface area contributed by atoms with E-state index in [1.165, 1.54) is 4.90 Å². The fourth-order valence-corrected chi connectivity index (χ4v) is 3.91. The van der Waals surface area contributed by atoms with Crippen LogP contribution in [0.25, 0.3) is 11.1 Å². The van der Waals surface area contributed by atoms with Crippen LogP contribution in [0, 0.1) is 5.41 Å². The van der Waals surface area contributed by atoms with Gasteiger partial charge >= 0.3 is 6.09 Å². The van der Waals surface area contributed by atoms with Crippen molar-refractivity contribution in [2.24, 2.45) is 5.41 Å². The second-order valence-corrected chi connectivity index (χ2v) is 6.73. The summed E-state index contributed by atoms with van der Waals surface area (Å²) in [5.74, 6) is 0.730. The quantitative estimate of drug-likeness (QED) is 0.806. The van der Waals surface area contributed by atoms with Crippen molar-refractivity contribution in [2.45, 2.75) is 19.3 Å². The Balaban J connectivity index is 1.53. The number of nitrogens with zero attached hydrogens (tertiary/aromatic N) is 4. The highest BCUT2D eigenvalue weighted by Crippen LogP contribution is 2.41. The van der Waals surface area contributed by atoms with Crippen LogP contribution in [0.5, 0.6) is 0 Å². The molecule has 23 heavy (non-hydrogen) atoms. The number of piperidine rings is 1. The lowest BCUT2D eigenvalue weighted by Crippen LogP contribution is -2.42. The van der Waals surface area contributed by atoms with E-state index in [4.69, 9.17) is 21.1 Å². The van der Waals surface area contributed by atoms with E-state index in [-0.39, 0.29) is 10.7 Å². The summed E-state index contributed by atoms with van der Waals surface area (Å²) in [6.45, 7) is 2.90. The maximum Gasteiger partial charge on any atom is 0.407 e. The van der Waals surface area contributed by atoms with Crippen LogP contribution in [0.15, 0.2) is 16.7 Å². The van der Waals surface area contributed by atoms with Crippen LogP contribution in [0.1, 0.15) is 19.3 Å². The zero-order valence-electron chi connectivity index (χ0n) is 12.5. The van der Waals surface area contributed by atoms with Crippen molar-refractivity contribution in [2.75, 3.05) is 31.1 Å². The molecule has 0 unspecified atom stereocenters. The van der Waals surface area contributed by atoms with Crippen LogP contribution < -0.4 is 4.90 Å². The van der Waals surface area contributed by atoms with Crippen LogP contribution in [0.2, 0.25) is 5.28 Å². The number of furan rings is 1. The fourth-order valence-electron chi connectivity index (χ4n) is 3.73. The molecule has 4 rings (SSSR count). The van der Waals surface area contributed by atoms with Gasteiger partial charge in [0.15, 0.2) is 11.4 Å². The van der Waals surface area contributed by atoms with Crippen molar-refractivity contribution < 1.29 is 14.3 Å². The molecule has 8 heteroatoms. The Bertz CT molecular complexity index is 754. The van der Waals surface area contributed by atoms with Crippen molar-refractivity contribution in [1.82, 2.24) is 14.9 Å². The molecule has 0 atom stereocenters. The molecule has 2 aromatic heterocycles. The van der Waals surface area contributed by atoms with Crippen LogP contribution >= 0.6 is 11.6 Å². The number of likely N-dealkylation sites (tertiary alicyclic amines) is 1. The van der Waals surface area contributed by atoms with Gasteiger partial charge in [0.05, 0.1) is 6.26 Å². The molecule has 2 aromatic rings. The van der Waals surface area contributed by atoms with Gasteiger partial charge in [-0.2, -0.15) is 4.98 Å². The predicted molar refractivity (Wildman–Crippen MR) is 84.9 cm³/mol. The van der Waals surface area contributed by atoms with Gasteiger partial charge in [0.2, 0.25) is 5.28 Å². The predicted octanol–water partition coefficient (Wildman–Crippen LogP) is 2.85. The van der Waals surface area contributed by atoms with Gasteiger partial charge in [-0.05, 0) is 36.3 Å². The molecule has 0 aliphatic carbocycles. The zero-order valence-corrected chi connectivity index (χ0v) is 13.3. The SMILES string of the molecule is O=C(O)N1CCC2(CCN(c3nc(Cl)nc4ccoc34)CC2)C1. The van der Waals surface area contributed by atoms with Gasteiger partial charge in [0.1, 0.15) is 5.52 Å². The molecule has 4 heterocycles. The summed E-state index contributed by atoms with van der Waals surface area (Å²) < 4.78 is 5.51. The maximum absolute atomic E-state index is 11.1. The van der Waals surface area contributed by atoms with Gasteiger partial charge in [-0.25, -0.2) is 9.78 Å². The summed E-state index contributed by atoms with van der Waals surface area (Å²) in [6.07, 6.45) is 3.60. The molecule has 2 aliphatic heterocycles. The minimum absolute atomic E-state index is 0.105. The molecule has 2 fully saturated rings. The van der Waals surface area contributed by atoms with Gasteiger partial charge in [-0.1, -0.05) is 0 Å². The van der Waals surface area contributed by atoms with Crippen molar-refractivity contribution in [3.05, 3.63) is 17.6 Å². The summed E-state index contributed by atoms with van der Waals surface area (Å²) in [7, 11) is 0. The minimum Gasteiger partial charge on any atom is -0.465 e. The number of amides is 1. The number of carboxylic acid groups (broad SMARTS) is 1. The second kappa shape index (κ2) is 5.26. The van der Waals surface area contributed by atoms with Crippen LogP contribution in [0.4, 0.5) is 10.6 Å². The lowest BCUT2D eigenvalue weighted by Gasteiger charge is -2.39. The summed E-state index contributed by atoms with van der Waals surface area (Å²) in [6, 6.07) is 1.78. The molecular weight excluding hydrogens is 320 g/mol. The monoisotopic (exact) mass is 336 g/mol. The molecule has 0 bridgehead atoms. The molecule has 7 nitrogen and oxygen atoms in total. The van der Waals surface area contributed by atoms with E-state index >= 15 is 0 Å². The number of carbonyl (C=O) groups is 1. The van der Waals surface area contributed by atoms with E-state index < -0.39 is 6.09 Å². The van der Waals surface area contributed by atoms with Crippen LogP contribution in [-0.2, 0) is 0 Å². The third-order valence-electron chi connectivity index (χ3n) is 5.09. The number of anilines is 1. The van der Waals surface area contributed by atoms with Crippen molar-refractivity contribution in [3.8, 4) is 0 Å². The van der Waals surface area contributed by atoms with E-state index in [1.54, 1.807) is 12.3 Å². The first-order valence-corrected chi connectivity index (χ1v) is 8.08. The normalized spacial score (nSPS) is 20.6. The number of fused-ring (bicyclic) bond motifs is 1. The summed E-state index contributed by atoms with van der Waals surface area (Å²) in [4.78, 5) is 23.3. The Morgan fingerprint density at radius 3 is 2.70 bits per heavy atom. The van der Waals surface area contributed by atoms with Crippen molar-refractivity contribution in [1.29, 1.82) is 0 Å². The van der Waals surface area contributed by atoms with E-state index in [0.29, 0.717) is 24.2 Å². The third kappa shape index (κ3) is 2.49. The summed E-state index contributed by atoms with van der Waals surface area (Å²) in [5.41, 5.74) is 1.47. The molecule has 1 spiro atoms. The van der Waals surface area contributed by atoms with E-state index in [0.717, 1.165) is 38.2 Å². The van der Waals surface area contributed by atoms with E-state index in [1.807, 2.05) is 0 Å². The highest BCUT2D eigenvalue weighted by atomic mass is 35.5. The summed E-state index contributed by atoms with van der Waals surface area (Å²) in [5, 5.41) is 9.37. The average molecular weight is 337 g/mol. The maximum atomic E-state index is 11.1. The Hall–Kier alpha value is -2.02. The van der Waals surface area contributed by atoms with Crippen molar-refractivity contribution >= 4 is 34.6 Å². The first-order valence-electron chi connectivity index (χ1n) is 7.70. The summed E-state index contributed by atoms with van der Waals surface area (Å²) >= 11 is 6.01. The van der Waals surface area contributed by atoms with Gasteiger partial charge in [0, 0.05) is 32.2 Å². The molecular formula is C15H17ClN4O3. The van der Waals surface area contributed by atoms with E-state index in [9.17, 15) is 4.79 Å². The Kier molecular flexibility index (Phi) is 3.33. The standard InChI is InChI=1S/C15H17ClN4O3/c16-13-17-10-1-8-23-11(10)12(18-13)19-5-2-15(3-6-19)4-7-20(9-15)14(21)22/h1,8H,2-7,9H2,(H,21,22). The largest absolute Gasteiger partial charge is 0.465 e. The number of hydrogen-bond donors (Lipinski definition) is 1. The van der Waals surface area contributed by atoms with Gasteiger partial charge in [-0.3, -0.25) is 0 Å². The number of rotatable bonds is 1. The van der Waals surface area contributed by atoms with Crippen LogP contribution in [0.3, 0.4) is 0 Å².